The van der Waals surface area contributed by atoms with Crippen molar-refractivity contribution in [1.82, 2.24) is 9.80 Å². The molecule has 15 heavy (non-hydrogen) atoms. The van der Waals surface area contributed by atoms with Crippen LogP contribution in [0.1, 0.15) is 5.56 Å². The second kappa shape index (κ2) is 5.32. The van der Waals surface area contributed by atoms with Crippen molar-refractivity contribution in [2.75, 3.05) is 32.7 Å². The van der Waals surface area contributed by atoms with Crippen LogP contribution in [0.15, 0.2) is 16.8 Å². The van der Waals surface area contributed by atoms with Gasteiger partial charge in [-0.15, -0.1) is 6.42 Å². The van der Waals surface area contributed by atoms with Crippen molar-refractivity contribution in [3.8, 4) is 12.3 Å². The second-order valence-corrected chi connectivity index (χ2v) is 4.67. The standard InChI is InChI=1S/C12H16N2S/c1-2-4-13-5-7-14(8-6-13)10-12-3-9-15-11-12/h1,3,9,11H,4-8,10H2. The quantitative estimate of drug-likeness (QED) is 0.712. The first kappa shape index (κ1) is 10.7. The molecule has 80 valence electrons. The Labute approximate surface area is 95.5 Å². The zero-order valence-electron chi connectivity index (χ0n) is 8.85. The lowest BCUT2D eigenvalue weighted by atomic mass is 10.2. The van der Waals surface area contributed by atoms with Gasteiger partial charge in [-0.25, -0.2) is 0 Å². The van der Waals surface area contributed by atoms with E-state index in [-0.39, 0.29) is 0 Å². The van der Waals surface area contributed by atoms with Crippen molar-refractivity contribution < 1.29 is 0 Å². The number of thiophene rings is 1. The smallest absolute Gasteiger partial charge is 0.0599 e. The molecule has 0 radical (unpaired) electrons. The van der Waals surface area contributed by atoms with Crippen LogP contribution in [0.4, 0.5) is 0 Å². The molecular formula is C12H16N2S. The fraction of sp³-hybridized carbons (Fsp3) is 0.500. The van der Waals surface area contributed by atoms with E-state index in [0.29, 0.717) is 0 Å². The molecule has 1 aromatic heterocycles. The maximum absolute atomic E-state index is 5.30. The Kier molecular flexibility index (Phi) is 3.79. The van der Waals surface area contributed by atoms with Crippen LogP contribution in [-0.4, -0.2) is 42.5 Å². The van der Waals surface area contributed by atoms with Gasteiger partial charge in [-0.1, -0.05) is 5.92 Å². The van der Waals surface area contributed by atoms with E-state index in [9.17, 15) is 0 Å². The van der Waals surface area contributed by atoms with Crippen LogP contribution in [0, 0.1) is 12.3 Å². The highest BCUT2D eigenvalue weighted by Gasteiger charge is 2.15. The summed E-state index contributed by atoms with van der Waals surface area (Å²) in [6.07, 6.45) is 5.30. The summed E-state index contributed by atoms with van der Waals surface area (Å²) in [5, 5.41) is 4.37. The summed E-state index contributed by atoms with van der Waals surface area (Å²) < 4.78 is 0. The number of nitrogens with zero attached hydrogens (tertiary/aromatic N) is 2. The first-order chi connectivity index (χ1) is 7.38. The predicted octanol–water partition coefficient (Wildman–Crippen LogP) is 1.50. The summed E-state index contributed by atoms with van der Waals surface area (Å²) in [7, 11) is 0. The lowest BCUT2D eigenvalue weighted by Gasteiger charge is -2.33. The van der Waals surface area contributed by atoms with E-state index in [2.05, 4.69) is 32.5 Å². The van der Waals surface area contributed by atoms with Crippen molar-refractivity contribution in [1.29, 1.82) is 0 Å². The lowest BCUT2D eigenvalue weighted by molar-refractivity contribution is 0.138. The van der Waals surface area contributed by atoms with Crippen LogP contribution in [0.5, 0.6) is 0 Å². The van der Waals surface area contributed by atoms with Gasteiger partial charge < -0.3 is 0 Å². The molecule has 0 bridgehead atoms. The Morgan fingerprint density at radius 3 is 2.60 bits per heavy atom. The molecule has 0 unspecified atom stereocenters. The van der Waals surface area contributed by atoms with E-state index in [1.807, 2.05) is 0 Å². The van der Waals surface area contributed by atoms with Crippen molar-refractivity contribution in [2.45, 2.75) is 6.54 Å². The predicted molar refractivity (Wildman–Crippen MR) is 64.9 cm³/mol. The molecule has 0 amide bonds. The van der Waals surface area contributed by atoms with Gasteiger partial charge in [0.25, 0.3) is 0 Å². The molecule has 0 aromatic carbocycles. The minimum atomic E-state index is 0.798. The highest BCUT2D eigenvalue weighted by atomic mass is 32.1. The summed E-state index contributed by atoms with van der Waals surface area (Å²) in [6, 6.07) is 2.21. The van der Waals surface area contributed by atoms with Gasteiger partial charge in [-0.3, -0.25) is 9.80 Å². The molecule has 0 N–H and O–H groups in total. The molecule has 2 rings (SSSR count). The van der Waals surface area contributed by atoms with Crippen LogP contribution in [0.3, 0.4) is 0 Å². The second-order valence-electron chi connectivity index (χ2n) is 3.89. The summed E-state index contributed by atoms with van der Waals surface area (Å²) in [5.41, 5.74) is 1.44. The van der Waals surface area contributed by atoms with Crippen LogP contribution in [0.25, 0.3) is 0 Å². The van der Waals surface area contributed by atoms with Crippen molar-refractivity contribution >= 4 is 11.3 Å². The highest BCUT2D eigenvalue weighted by Crippen LogP contribution is 2.11. The van der Waals surface area contributed by atoms with Gasteiger partial charge in [-0.2, -0.15) is 11.3 Å². The van der Waals surface area contributed by atoms with Crippen LogP contribution < -0.4 is 0 Å². The SMILES string of the molecule is C#CCN1CCN(Cc2ccsc2)CC1. The summed E-state index contributed by atoms with van der Waals surface area (Å²) >= 11 is 1.77. The molecule has 0 aliphatic carbocycles. The fourth-order valence-electron chi connectivity index (χ4n) is 1.88. The Morgan fingerprint density at radius 1 is 1.27 bits per heavy atom. The average Bonchev–Trinajstić information content (AvgIpc) is 2.74. The van der Waals surface area contributed by atoms with E-state index >= 15 is 0 Å². The normalized spacial score (nSPS) is 18.9. The molecule has 1 fully saturated rings. The number of rotatable bonds is 3. The molecule has 3 heteroatoms. The third-order valence-corrected chi connectivity index (χ3v) is 3.50. The van der Waals surface area contributed by atoms with Crippen LogP contribution in [0.2, 0.25) is 0 Å². The zero-order valence-corrected chi connectivity index (χ0v) is 9.67. The van der Waals surface area contributed by atoms with Gasteiger partial charge in [-0.05, 0) is 22.4 Å². The molecule has 0 saturated carbocycles. The van der Waals surface area contributed by atoms with E-state index in [4.69, 9.17) is 6.42 Å². The monoisotopic (exact) mass is 220 g/mol. The Hall–Kier alpha value is -0.820. The Balaban J connectivity index is 1.77. The van der Waals surface area contributed by atoms with Gasteiger partial charge in [0.2, 0.25) is 0 Å². The number of terminal acetylenes is 1. The average molecular weight is 220 g/mol. The topological polar surface area (TPSA) is 6.48 Å². The van der Waals surface area contributed by atoms with Gasteiger partial charge in [0, 0.05) is 32.7 Å². The molecule has 2 heterocycles. The van der Waals surface area contributed by atoms with Gasteiger partial charge in [0.15, 0.2) is 0 Å². The van der Waals surface area contributed by atoms with E-state index in [1.165, 1.54) is 5.56 Å². The van der Waals surface area contributed by atoms with E-state index in [1.54, 1.807) is 11.3 Å². The Morgan fingerprint density at radius 2 is 2.00 bits per heavy atom. The maximum atomic E-state index is 5.30. The van der Waals surface area contributed by atoms with E-state index in [0.717, 1.165) is 39.3 Å². The largest absolute Gasteiger partial charge is 0.297 e. The fourth-order valence-corrected chi connectivity index (χ4v) is 2.54. The van der Waals surface area contributed by atoms with Gasteiger partial charge >= 0.3 is 0 Å². The molecule has 1 aromatic rings. The number of hydrogen-bond donors (Lipinski definition) is 0. The van der Waals surface area contributed by atoms with Gasteiger partial charge in [0.05, 0.1) is 6.54 Å². The molecule has 1 saturated heterocycles. The van der Waals surface area contributed by atoms with Crippen LogP contribution >= 0.6 is 11.3 Å². The summed E-state index contributed by atoms with van der Waals surface area (Å²) in [4.78, 5) is 4.83. The molecule has 1 aliphatic heterocycles. The minimum Gasteiger partial charge on any atom is -0.297 e. The molecule has 1 aliphatic rings. The molecule has 2 nitrogen and oxygen atoms in total. The molecule has 0 spiro atoms. The summed E-state index contributed by atoms with van der Waals surface area (Å²) in [6.45, 7) is 6.37. The highest BCUT2D eigenvalue weighted by molar-refractivity contribution is 7.07. The zero-order chi connectivity index (χ0) is 10.5. The van der Waals surface area contributed by atoms with Crippen molar-refractivity contribution in [3.05, 3.63) is 22.4 Å². The summed E-state index contributed by atoms with van der Waals surface area (Å²) in [5.74, 6) is 2.71. The van der Waals surface area contributed by atoms with Crippen molar-refractivity contribution in [2.24, 2.45) is 0 Å². The minimum absolute atomic E-state index is 0.798. The lowest BCUT2D eigenvalue weighted by Crippen LogP contribution is -2.45. The number of hydrogen-bond acceptors (Lipinski definition) is 3. The maximum Gasteiger partial charge on any atom is 0.0599 e. The van der Waals surface area contributed by atoms with Gasteiger partial charge in [0.1, 0.15) is 0 Å². The third kappa shape index (κ3) is 3.07. The molecule has 0 atom stereocenters. The molecular weight excluding hydrogens is 204 g/mol. The van der Waals surface area contributed by atoms with E-state index < -0.39 is 0 Å². The first-order valence-corrected chi connectivity index (χ1v) is 6.22. The number of piperazine rings is 1. The Bertz CT molecular complexity index is 318. The van der Waals surface area contributed by atoms with Crippen LogP contribution in [-0.2, 0) is 6.54 Å². The third-order valence-electron chi connectivity index (χ3n) is 2.77. The first-order valence-electron chi connectivity index (χ1n) is 5.28. The van der Waals surface area contributed by atoms with Crippen molar-refractivity contribution in [3.63, 3.8) is 0 Å².